The molecule has 0 fully saturated rings. The van der Waals surface area contributed by atoms with Crippen LogP contribution in [0.4, 0.5) is 0 Å². The van der Waals surface area contributed by atoms with Crippen molar-refractivity contribution in [1.29, 1.82) is 0 Å². The number of nitrogens with zero attached hydrogens (tertiary/aromatic N) is 6. The molecule has 6 heteroatoms. The summed E-state index contributed by atoms with van der Waals surface area (Å²) in [5.74, 6) is 0.683. The Kier molecular flexibility index (Phi) is 7.74. The number of rotatable bonds is 6. The first-order valence-electron chi connectivity index (χ1n) is 20.1. The highest BCUT2D eigenvalue weighted by molar-refractivity contribution is 6.23. The van der Waals surface area contributed by atoms with Crippen LogP contribution < -0.4 is 0 Å². The zero-order chi connectivity index (χ0) is 39.6. The van der Waals surface area contributed by atoms with E-state index in [1.165, 1.54) is 21.5 Å². The van der Waals surface area contributed by atoms with Gasteiger partial charge in [0, 0.05) is 55.2 Å². The second kappa shape index (κ2) is 13.7. The summed E-state index contributed by atoms with van der Waals surface area (Å²) in [5.41, 5.74) is 15.1. The van der Waals surface area contributed by atoms with Crippen LogP contribution in [0, 0.1) is 0 Å². The van der Waals surface area contributed by atoms with Crippen LogP contribution in [0.25, 0.3) is 111 Å². The van der Waals surface area contributed by atoms with Gasteiger partial charge in [0.15, 0.2) is 5.82 Å². The van der Waals surface area contributed by atoms with Crippen LogP contribution in [0.2, 0.25) is 0 Å². The molecule has 0 unspecified atom stereocenters. The number of para-hydroxylation sites is 4. The number of hydrogen-bond acceptors (Lipinski definition) is 4. The van der Waals surface area contributed by atoms with E-state index in [4.69, 9.17) is 19.9 Å². The zero-order valence-electron chi connectivity index (χ0n) is 32.3. The molecule has 0 N–H and O–H groups in total. The maximum Gasteiger partial charge on any atom is 0.160 e. The average molecular weight is 767 g/mol. The van der Waals surface area contributed by atoms with Crippen LogP contribution in [0.5, 0.6) is 0 Å². The molecule has 0 atom stereocenters. The Balaban J connectivity index is 1.07. The maximum atomic E-state index is 5.12. The molecule has 4 aromatic heterocycles. The lowest BCUT2D eigenvalue weighted by molar-refractivity contribution is 1.14. The normalized spacial score (nSPS) is 11.7. The van der Waals surface area contributed by atoms with Crippen LogP contribution in [-0.4, -0.2) is 29.1 Å². The largest absolute Gasteiger partial charge is 0.307 e. The quantitative estimate of drug-likeness (QED) is 0.169. The van der Waals surface area contributed by atoms with E-state index in [2.05, 4.69) is 149 Å². The Morgan fingerprint density at radius 3 is 1.48 bits per heavy atom. The molecular formula is C54H34N6. The van der Waals surface area contributed by atoms with Crippen molar-refractivity contribution < 1.29 is 0 Å². The molecule has 0 aliphatic rings. The fourth-order valence-electron chi connectivity index (χ4n) is 8.79. The summed E-state index contributed by atoms with van der Waals surface area (Å²) in [7, 11) is 0. The van der Waals surface area contributed by atoms with E-state index in [0.29, 0.717) is 5.82 Å². The van der Waals surface area contributed by atoms with Gasteiger partial charge in [-0.25, -0.2) is 15.0 Å². The van der Waals surface area contributed by atoms with Crippen molar-refractivity contribution in [3.63, 3.8) is 0 Å². The predicted molar refractivity (Wildman–Crippen MR) is 246 cm³/mol. The van der Waals surface area contributed by atoms with E-state index in [1.807, 2.05) is 66.9 Å². The first-order chi connectivity index (χ1) is 29.7. The highest BCUT2D eigenvalue weighted by Crippen LogP contribution is 2.42. The molecule has 12 aromatic rings. The Bertz CT molecular complexity index is 3530. The highest BCUT2D eigenvalue weighted by atomic mass is 15.0. The first-order valence-corrected chi connectivity index (χ1v) is 20.1. The molecule has 0 saturated carbocycles. The van der Waals surface area contributed by atoms with Crippen molar-refractivity contribution in [3.8, 4) is 56.5 Å². The molecule has 0 aliphatic carbocycles. The van der Waals surface area contributed by atoms with Gasteiger partial charge in [-0.2, -0.15) is 0 Å². The summed E-state index contributed by atoms with van der Waals surface area (Å²) in [4.78, 5) is 20.0. The number of fused-ring (bicyclic) bond motifs is 8. The van der Waals surface area contributed by atoms with Gasteiger partial charge in [0.2, 0.25) is 0 Å². The van der Waals surface area contributed by atoms with Crippen molar-refractivity contribution in [2.75, 3.05) is 0 Å². The molecule has 6 nitrogen and oxygen atoms in total. The van der Waals surface area contributed by atoms with E-state index < -0.39 is 0 Å². The van der Waals surface area contributed by atoms with Crippen LogP contribution in [0.1, 0.15) is 0 Å². The zero-order valence-corrected chi connectivity index (χ0v) is 32.3. The molecule has 12 rings (SSSR count). The van der Waals surface area contributed by atoms with Crippen LogP contribution in [-0.2, 0) is 0 Å². The molecule has 280 valence electrons. The minimum absolute atomic E-state index is 0.683. The standard InChI is InChI=1S/C54H34N6/c1-3-14-35(15-4-1)47-33-48(36-16-5-2-6-17-36)58-54(57-47)37-26-28-39(29-27-37)59-50-24-11-7-20-41(50)43-30-31-44-42-21-8-12-25-51(42)60(53(44)52(43)59)40-19-13-18-38(32-40)49-34-55-45-22-9-10-23-46(45)56-49/h1-34H. The van der Waals surface area contributed by atoms with Gasteiger partial charge in [-0.3, -0.25) is 4.98 Å². The van der Waals surface area contributed by atoms with Gasteiger partial charge in [0.25, 0.3) is 0 Å². The minimum Gasteiger partial charge on any atom is -0.307 e. The highest BCUT2D eigenvalue weighted by Gasteiger charge is 2.22. The van der Waals surface area contributed by atoms with E-state index in [-0.39, 0.29) is 0 Å². The summed E-state index contributed by atoms with van der Waals surface area (Å²) >= 11 is 0. The van der Waals surface area contributed by atoms with E-state index >= 15 is 0 Å². The van der Waals surface area contributed by atoms with Crippen molar-refractivity contribution in [1.82, 2.24) is 29.1 Å². The van der Waals surface area contributed by atoms with Gasteiger partial charge in [-0.05, 0) is 66.7 Å². The number of hydrogen-bond donors (Lipinski definition) is 0. The van der Waals surface area contributed by atoms with E-state index in [0.717, 1.165) is 83.8 Å². The van der Waals surface area contributed by atoms with E-state index in [9.17, 15) is 0 Å². The fourth-order valence-corrected chi connectivity index (χ4v) is 8.79. The summed E-state index contributed by atoms with van der Waals surface area (Å²) in [6, 6.07) is 70.1. The molecule has 60 heavy (non-hydrogen) atoms. The lowest BCUT2D eigenvalue weighted by Gasteiger charge is -2.14. The first kappa shape index (κ1) is 33.9. The minimum atomic E-state index is 0.683. The van der Waals surface area contributed by atoms with Gasteiger partial charge >= 0.3 is 0 Å². The van der Waals surface area contributed by atoms with Gasteiger partial charge in [0.05, 0.1) is 56.4 Å². The SMILES string of the molecule is c1ccc(-c2cc(-c3ccccc3)nc(-c3ccc(-n4c5ccccc5c5ccc6c7ccccc7n(-c7cccc(-c8cnc9ccccc9n8)c7)c6c54)cc3)n2)cc1. The number of aromatic nitrogens is 6. The monoisotopic (exact) mass is 766 g/mol. The maximum absolute atomic E-state index is 5.12. The molecular weight excluding hydrogens is 733 g/mol. The van der Waals surface area contributed by atoms with Gasteiger partial charge < -0.3 is 9.13 Å². The molecule has 0 amide bonds. The predicted octanol–water partition coefficient (Wildman–Crippen LogP) is 13.3. The van der Waals surface area contributed by atoms with Crippen LogP contribution >= 0.6 is 0 Å². The van der Waals surface area contributed by atoms with Crippen molar-refractivity contribution in [2.24, 2.45) is 0 Å². The summed E-state index contributed by atoms with van der Waals surface area (Å²) in [5, 5.41) is 4.77. The lowest BCUT2D eigenvalue weighted by atomic mass is 10.1. The van der Waals surface area contributed by atoms with Crippen LogP contribution in [0.15, 0.2) is 206 Å². The fraction of sp³-hybridized carbons (Fsp3) is 0. The smallest absolute Gasteiger partial charge is 0.160 e. The second-order valence-corrected chi connectivity index (χ2v) is 15.1. The third-order valence-electron chi connectivity index (χ3n) is 11.6. The van der Waals surface area contributed by atoms with Crippen molar-refractivity contribution in [2.45, 2.75) is 0 Å². The molecule has 0 spiro atoms. The molecule has 0 aliphatic heterocycles. The average Bonchev–Trinajstić information content (AvgIpc) is 3.85. The van der Waals surface area contributed by atoms with Crippen LogP contribution in [0.3, 0.4) is 0 Å². The third kappa shape index (κ3) is 5.50. The summed E-state index contributed by atoms with van der Waals surface area (Å²) < 4.78 is 4.84. The Labute approximate surface area is 345 Å². The molecule has 8 aromatic carbocycles. The van der Waals surface area contributed by atoms with Gasteiger partial charge in [-0.15, -0.1) is 0 Å². The van der Waals surface area contributed by atoms with Crippen molar-refractivity contribution >= 4 is 54.6 Å². The Morgan fingerprint density at radius 2 is 0.850 bits per heavy atom. The molecule has 0 bridgehead atoms. The Hall–Kier alpha value is -8.22. The Morgan fingerprint density at radius 1 is 0.317 bits per heavy atom. The summed E-state index contributed by atoms with van der Waals surface area (Å²) in [6.07, 6.45) is 1.87. The molecule has 4 heterocycles. The topological polar surface area (TPSA) is 61.4 Å². The van der Waals surface area contributed by atoms with Crippen molar-refractivity contribution in [3.05, 3.63) is 206 Å². The lowest BCUT2D eigenvalue weighted by Crippen LogP contribution is -2.00. The van der Waals surface area contributed by atoms with Gasteiger partial charge in [-0.1, -0.05) is 133 Å². The third-order valence-corrected chi connectivity index (χ3v) is 11.6. The van der Waals surface area contributed by atoms with E-state index in [1.54, 1.807) is 0 Å². The summed E-state index contributed by atoms with van der Waals surface area (Å²) in [6.45, 7) is 0. The second-order valence-electron chi connectivity index (χ2n) is 15.1. The van der Waals surface area contributed by atoms with Gasteiger partial charge in [0.1, 0.15) is 0 Å². The molecule has 0 saturated heterocycles. The number of benzene rings is 8. The molecule has 0 radical (unpaired) electrons.